The van der Waals surface area contributed by atoms with E-state index >= 15 is 0 Å². The third-order valence-electron chi connectivity index (χ3n) is 15.7. The summed E-state index contributed by atoms with van der Waals surface area (Å²) < 4.78 is 35.8. The number of aromatic nitrogens is 1. The Bertz CT molecular complexity index is 3780. The molecule has 12 heteroatoms. The van der Waals surface area contributed by atoms with Crippen molar-refractivity contribution in [2.24, 2.45) is 0 Å². The van der Waals surface area contributed by atoms with Crippen molar-refractivity contribution in [3.05, 3.63) is 219 Å². The van der Waals surface area contributed by atoms with Crippen LogP contribution in [-0.4, -0.2) is 51.0 Å². The molecule has 1 aromatic heterocycles. The summed E-state index contributed by atoms with van der Waals surface area (Å²) in [6.45, 7) is 0.768. The van der Waals surface area contributed by atoms with Crippen LogP contribution < -0.4 is 24.3 Å². The van der Waals surface area contributed by atoms with Crippen molar-refractivity contribution in [1.82, 2.24) is 4.57 Å². The smallest absolute Gasteiger partial charge is 0.337 e. The number of hydrogen-bond donors (Lipinski definition) is 1. The van der Waals surface area contributed by atoms with Gasteiger partial charge in [0, 0.05) is 61.0 Å². The molecular formula is C72H68Cl2N2O8. The van der Waals surface area contributed by atoms with E-state index in [9.17, 15) is 9.59 Å². The molecule has 0 atom stereocenters. The predicted octanol–water partition coefficient (Wildman–Crippen LogP) is 18.0. The number of anilines is 1. The largest absolute Gasteiger partial charge is 0.497 e. The lowest BCUT2D eigenvalue weighted by Gasteiger charge is -2.26. The SMILES string of the molecule is COC(=O)c1ccc(NC2CCCCC2)c(C#Cc2ccc(OCc3cc(OC)ccc3-c3ccc(Cl)cc3)cc2)c1.COC(=O)c1ccc2c(c1)cc(-c1ccc(OCc3cc(OC)ccc3-c3ccc(Cl)cc3)cc1)n2C1CCCCC1. The van der Waals surface area contributed by atoms with Gasteiger partial charge in [0.2, 0.25) is 0 Å². The Morgan fingerprint density at radius 1 is 0.500 bits per heavy atom. The van der Waals surface area contributed by atoms with Gasteiger partial charge in [-0.05, 0) is 193 Å². The average Bonchev–Trinajstić information content (AvgIpc) is 3.93. The quantitative estimate of drug-likeness (QED) is 0.0748. The minimum Gasteiger partial charge on any atom is -0.497 e. The molecule has 2 fully saturated rings. The molecule has 9 aromatic rings. The van der Waals surface area contributed by atoms with E-state index in [0.29, 0.717) is 46.5 Å². The van der Waals surface area contributed by atoms with Crippen LogP contribution in [0.5, 0.6) is 23.0 Å². The highest BCUT2D eigenvalue weighted by Gasteiger charge is 2.23. The van der Waals surface area contributed by atoms with Gasteiger partial charge in [0.25, 0.3) is 0 Å². The summed E-state index contributed by atoms with van der Waals surface area (Å²) in [5, 5.41) is 6.10. The normalized spacial score (nSPS) is 13.4. The van der Waals surface area contributed by atoms with Gasteiger partial charge in [0.1, 0.15) is 36.2 Å². The van der Waals surface area contributed by atoms with Gasteiger partial charge in [-0.25, -0.2) is 9.59 Å². The number of halogens is 2. The van der Waals surface area contributed by atoms with Crippen molar-refractivity contribution >= 4 is 51.7 Å². The highest BCUT2D eigenvalue weighted by molar-refractivity contribution is 6.31. The molecule has 428 valence electrons. The van der Waals surface area contributed by atoms with E-state index < -0.39 is 0 Å². The molecular weight excluding hydrogens is 1090 g/mol. The van der Waals surface area contributed by atoms with Crippen molar-refractivity contribution in [2.75, 3.05) is 33.8 Å². The summed E-state index contributed by atoms with van der Waals surface area (Å²) in [6, 6.07) is 58.0. The Morgan fingerprint density at radius 3 is 1.52 bits per heavy atom. The maximum absolute atomic E-state index is 12.2. The summed E-state index contributed by atoms with van der Waals surface area (Å²) in [5.41, 5.74) is 13.3. The molecule has 2 aliphatic rings. The van der Waals surface area contributed by atoms with E-state index in [2.05, 4.69) is 52.1 Å². The van der Waals surface area contributed by atoms with Crippen LogP contribution in [-0.2, 0) is 22.7 Å². The van der Waals surface area contributed by atoms with E-state index in [0.717, 1.165) is 121 Å². The first kappa shape index (κ1) is 58.6. The van der Waals surface area contributed by atoms with Crippen LogP contribution in [0.3, 0.4) is 0 Å². The maximum Gasteiger partial charge on any atom is 0.337 e. The Hall–Kier alpha value is -8.62. The number of nitrogens with zero attached hydrogens (tertiary/aromatic N) is 1. The van der Waals surface area contributed by atoms with Gasteiger partial charge in [-0.1, -0.05) is 110 Å². The molecule has 0 aliphatic heterocycles. The van der Waals surface area contributed by atoms with E-state index in [1.165, 1.54) is 52.7 Å². The minimum absolute atomic E-state index is 0.319. The summed E-state index contributed by atoms with van der Waals surface area (Å²) in [4.78, 5) is 24.4. The van der Waals surface area contributed by atoms with Crippen LogP contribution in [0.15, 0.2) is 176 Å². The second-order valence-electron chi connectivity index (χ2n) is 21.1. The van der Waals surface area contributed by atoms with E-state index in [-0.39, 0.29) is 11.9 Å². The Morgan fingerprint density at radius 2 is 0.988 bits per heavy atom. The fourth-order valence-corrected chi connectivity index (χ4v) is 11.4. The minimum atomic E-state index is -0.376. The maximum atomic E-state index is 12.2. The number of fused-ring (bicyclic) bond motifs is 1. The highest BCUT2D eigenvalue weighted by Crippen LogP contribution is 2.39. The van der Waals surface area contributed by atoms with Gasteiger partial charge >= 0.3 is 11.9 Å². The molecule has 0 unspecified atom stereocenters. The second-order valence-corrected chi connectivity index (χ2v) is 22.0. The number of methoxy groups -OCH3 is 4. The van der Waals surface area contributed by atoms with Gasteiger partial charge in [0.05, 0.1) is 45.3 Å². The molecule has 10 nitrogen and oxygen atoms in total. The molecule has 1 N–H and O–H groups in total. The lowest BCUT2D eigenvalue weighted by atomic mass is 9.94. The molecule has 0 bridgehead atoms. The summed E-state index contributed by atoms with van der Waals surface area (Å²) in [5.74, 6) is 8.90. The zero-order valence-corrected chi connectivity index (χ0v) is 49.4. The van der Waals surface area contributed by atoms with Crippen LogP contribution in [0.25, 0.3) is 44.4 Å². The lowest BCUT2D eigenvalue weighted by molar-refractivity contribution is 0.0592. The van der Waals surface area contributed by atoms with Crippen molar-refractivity contribution in [1.29, 1.82) is 0 Å². The van der Waals surface area contributed by atoms with Gasteiger partial charge in [-0.15, -0.1) is 0 Å². The highest BCUT2D eigenvalue weighted by atomic mass is 35.5. The summed E-state index contributed by atoms with van der Waals surface area (Å²) in [6.07, 6.45) is 12.1. The molecule has 1 heterocycles. The van der Waals surface area contributed by atoms with Crippen molar-refractivity contribution < 1.29 is 38.0 Å². The molecule has 0 amide bonds. The Labute approximate surface area is 502 Å². The van der Waals surface area contributed by atoms with Crippen LogP contribution in [0.1, 0.15) is 113 Å². The summed E-state index contributed by atoms with van der Waals surface area (Å²) in [7, 11) is 6.13. The average molecular weight is 1160 g/mol. The number of hydrogen-bond acceptors (Lipinski definition) is 9. The molecule has 2 aliphatic carbocycles. The number of nitrogens with one attached hydrogen (secondary N) is 1. The number of benzene rings is 8. The fourth-order valence-electron chi connectivity index (χ4n) is 11.2. The molecule has 0 saturated heterocycles. The standard InChI is InChI=1S/2C36H34ClNO4/c1-40-32-17-18-33(24-8-13-29(37)14-9-24)28(21-32)23-42-31-15-10-25(11-16-31)35-22-27-20-26(36(39)41-2)12-19-34(27)38(35)30-6-4-3-5-7-30;1-40-33-19-20-34(26-12-15-30(37)16-13-26)29(23-33)24-42-32-17-9-25(10-18-32)8-11-27-22-28(36(39)41-2)14-21-35(27)38-31-6-4-3-5-7-31/h8-22,30H,3-7,23H2,1-2H3;9-10,12-23,31,38H,3-7,24H2,1-2H3. The zero-order valence-electron chi connectivity index (χ0n) is 47.9. The molecule has 84 heavy (non-hydrogen) atoms. The number of carbonyl (C=O) groups is 2. The fraction of sp³-hybridized carbons (Fsp3) is 0.250. The van der Waals surface area contributed by atoms with Crippen molar-refractivity contribution in [3.63, 3.8) is 0 Å². The van der Waals surface area contributed by atoms with Crippen LogP contribution in [0.2, 0.25) is 10.0 Å². The molecule has 0 spiro atoms. The third kappa shape index (κ3) is 14.6. The molecule has 2 saturated carbocycles. The van der Waals surface area contributed by atoms with Gasteiger partial charge in [0.15, 0.2) is 0 Å². The van der Waals surface area contributed by atoms with E-state index in [1.54, 1.807) is 26.4 Å². The number of ether oxygens (including phenoxy) is 6. The number of esters is 2. The van der Waals surface area contributed by atoms with Crippen molar-refractivity contribution in [3.8, 4) is 68.4 Å². The zero-order chi connectivity index (χ0) is 58.4. The third-order valence-corrected chi connectivity index (χ3v) is 16.2. The topological polar surface area (TPSA) is 106 Å². The van der Waals surface area contributed by atoms with Crippen LogP contribution in [0.4, 0.5) is 5.69 Å². The molecule has 11 rings (SSSR count). The Kier molecular flexibility index (Phi) is 19.6. The number of carbonyl (C=O) groups excluding carboxylic acids is 2. The Balaban J connectivity index is 0.000000187. The van der Waals surface area contributed by atoms with E-state index in [1.807, 2.05) is 133 Å². The van der Waals surface area contributed by atoms with Crippen LogP contribution >= 0.6 is 23.2 Å². The van der Waals surface area contributed by atoms with Gasteiger partial charge < -0.3 is 38.3 Å². The number of rotatable bonds is 16. The first-order valence-electron chi connectivity index (χ1n) is 28.6. The predicted molar refractivity (Wildman–Crippen MR) is 337 cm³/mol. The lowest BCUT2D eigenvalue weighted by Crippen LogP contribution is -2.22. The van der Waals surface area contributed by atoms with E-state index in [4.69, 9.17) is 51.6 Å². The molecule has 0 radical (unpaired) electrons. The van der Waals surface area contributed by atoms with Gasteiger partial charge in [-0.2, -0.15) is 0 Å². The van der Waals surface area contributed by atoms with Crippen LogP contribution in [0, 0.1) is 11.8 Å². The van der Waals surface area contributed by atoms with Crippen molar-refractivity contribution in [2.45, 2.75) is 89.5 Å². The second kappa shape index (κ2) is 28.1. The summed E-state index contributed by atoms with van der Waals surface area (Å²) >= 11 is 12.2. The van der Waals surface area contributed by atoms with Gasteiger partial charge in [-0.3, -0.25) is 0 Å². The first-order chi connectivity index (χ1) is 41.1. The monoisotopic (exact) mass is 1160 g/mol. The molecule has 8 aromatic carbocycles. The first-order valence-corrected chi connectivity index (χ1v) is 29.4.